The molecule has 0 N–H and O–H groups in total. The van der Waals surface area contributed by atoms with Crippen molar-refractivity contribution in [1.82, 2.24) is 0 Å². The van der Waals surface area contributed by atoms with Crippen molar-refractivity contribution in [1.29, 1.82) is 5.26 Å². The first kappa shape index (κ1) is 11.8. The SMILES string of the molecule is CC(=O)CCCC(=O)CCCC#N. The molecule has 0 aliphatic carbocycles. The minimum atomic E-state index is 0.129. The summed E-state index contributed by atoms with van der Waals surface area (Å²) in [6.45, 7) is 1.53. The lowest BCUT2D eigenvalue weighted by Crippen LogP contribution is -1.99. The highest BCUT2D eigenvalue weighted by atomic mass is 16.1. The van der Waals surface area contributed by atoms with Crippen molar-refractivity contribution in [2.45, 2.75) is 45.4 Å². The highest BCUT2D eigenvalue weighted by molar-refractivity contribution is 5.80. The lowest BCUT2D eigenvalue weighted by molar-refractivity contribution is -0.119. The second-order valence-electron chi connectivity index (χ2n) is 3.11. The van der Waals surface area contributed by atoms with E-state index < -0.39 is 0 Å². The molecule has 0 aliphatic rings. The third-order valence-electron chi connectivity index (χ3n) is 1.73. The molecule has 0 fully saturated rings. The van der Waals surface area contributed by atoms with E-state index in [9.17, 15) is 9.59 Å². The van der Waals surface area contributed by atoms with Crippen molar-refractivity contribution in [3.8, 4) is 6.07 Å². The molecule has 0 saturated carbocycles. The number of nitrogens with zero attached hydrogens (tertiary/aromatic N) is 1. The molecule has 0 aliphatic heterocycles. The van der Waals surface area contributed by atoms with Crippen LogP contribution in [0.5, 0.6) is 0 Å². The number of nitriles is 1. The molecule has 0 spiro atoms. The Morgan fingerprint density at radius 3 is 2.31 bits per heavy atom. The molecule has 0 saturated heterocycles. The first-order valence-corrected chi connectivity index (χ1v) is 4.55. The molecule has 0 unspecified atom stereocenters. The summed E-state index contributed by atoms with van der Waals surface area (Å²) >= 11 is 0. The summed E-state index contributed by atoms with van der Waals surface area (Å²) in [4.78, 5) is 21.6. The van der Waals surface area contributed by atoms with Crippen molar-refractivity contribution in [3.63, 3.8) is 0 Å². The first-order chi connectivity index (χ1) is 6.16. The molecule has 0 amide bonds. The molecule has 0 aromatic rings. The number of unbranched alkanes of at least 4 members (excludes halogenated alkanes) is 1. The van der Waals surface area contributed by atoms with Gasteiger partial charge in [0.25, 0.3) is 0 Å². The van der Waals surface area contributed by atoms with Crippen LogP contribution in [0.25, 0.3) is 0 Å². The number of hydrogen-bond acceptors (Lipinski definition) is 3. The predicted molar refractivity (Wildman–Crippen MR) is 49.0 cm³/mol. The van der Waals surface area contributed by atoms with Gasteiger partial charge in [-0.1, -0.05) is 0 Å². The van der Waals surface area contributed by atoms with E-state index in [1.54, 1.807) is 0 Å². The largest absolute Gasteiger partial charge is 0.300 e. The van der Waals surface area contributed by atoms with Crippen LogP contribution in [0.1, 0.15) is 45.4 Å². The predicted octanol–water partition coefficient (Wildman–Crippen LogP) is 2.01. The smallest absolute Gasteiger partial charge is 0.132 e. The van der Waals surface area contributed by atoms with Gasteiger partial charge in [-0.15, -0.1) is 0 Å². The van der Waals surface area contributed by atoms with Gasteiger partial charge in [0, 0.05) is 25.7 Å². The first-order valence-electron chi connectivity index (χ1n) is 4.55. The lowest BCUT2D eigenvalue weighted by Gasteiger charge is -1.97. The fourth-order valence-electron chi connectivity index (χ4n) is 1.02. The Balaban J connectivity index is 3.31. The molecule has 3 nitrogen and oxygen atoms in total. The molecule has 72 valence electrons. The van der Waals surface area contributed by atoms with Crippen molar-refractivity contribution in [3.05, 3.63) is 0 Å². The number of Topliss-reactive ketones (excluding diaryl/α,β-unsaturated/α-hetero) is 2. The van der Waals surface area contributed by atoms with Crippen molar-refractivity contribution in [2.75, 3.05) is 0 Å². The van der Waals surface area contributed by atoms with Gasteiger partial charge in [0.1, 0.15) is 11.6 Å². The van der Waals surface area contributed by atoms with Gasteiger partial charge in [0.15, 0.2) is 0 Å². The van der Waals surface area contributed by atoms with Crippen molar-refractivity contribution < 1.29 is 9.59 Å². The van der Waals surface area contributed by atoms with E-state index in [4.69, 9.17) is 5.26 Å². The van der Waals surface area contributed by atoms with Crippen LogP contribution in [0.15, 0.2) is 0 Å². The zero-order valence-corrected chi connectivity index (χ0v) is 8.01. The monoisotopic (exact) mass is 181 g/mol. The third kappa shape index (κ3) is 8.74. The quantitative estimate of drug-likeness (QED) is 0.564. The second-order valence-corrected chi connectivity index (χ2v) is 3.11. The molecule has 0 bridgehead atoms. The van der Waals surface area contributed by atoms with Gasteiger partial charge >= 0.3 is 0 Å². The van der Waals surface area contributed by atoms with E-state index in [-0.39, 0.29) is 11.6 Å². The van der Waals surface area contributed by atoms with Gasteiger partial charge in [0.05, 0.1) is 6.07 Å². The summed E-state index contributed by atoms with van der Waals surface area (Å²) in [5.74, 6) is 0.293. The van der Waals surface area contributed by atoms with Gasteiger partial charge < -0.3 is 4.79 Å². The normalized spacial score (nSPS) is 9.23. The standard InChI is InChI=1S/C10H15NO2/c1-9(12)5-4-7-10(13)6-2-3-8-11/h2-7H2,1H3. The van der Waals surface area contributed by atoms with Gasteiger partial charge in [-0.25, -0.2) is 0 Å². The molecule has 0 radical (unpaired) electrons. The number of carbonyl (C=O) groups is 2. The van der Waals surface area contributed by atoms with E-state index in [1.807, 2.05) is 6.07 Å². The minimum absolute atomic E-state index is 0.129. The maximum atomic E-state index is 11.1. The summed E-state index contributed by atoms with van der Waals surface area (Å²) in [5.41, 5.74) is 0. The molecule has 0 aromatic heterocycles. The maximum Gasteiger partial charge on any atom is 0.132 e. The molecule has 0 heterocycles. The highest BCUT2D eigenvalue weighted by Gasteiger charge is 2.02. The van der Waals surface area contributed by atoms with Crippen LogP contribution in [0, 0.1) is 11.3 Å². The van der Waals surface area contributed by atoms with Gasteiger partial charge in [-0.3, -0.25) is 4.79 Å². The van der Waals surface area contributed by atoms with Crippen LogP contribution < -0.4 is 0 Å². The summed E-state index contributed by atoms with van der Waals surface area (Å²) in [6, 6.07) is 1.99. The molecule has 13 heavy (non-hydrogen) atoms. The Morgan fingerprint density at radius 1 is 1.15 bits per heavy atom. The topological polar surface area (TPSA) is 57.9 Å². The van der Waals surface area contributed by atoms with E-state index in [0.717, 1.165) is 0 Å². The zero-order valence-electron chi connectivity index (χ0n) is 8.01. The average molecular weight is 181 g/mol. The number of hydrogen-bond donors (Lipinski definition) is 0. The molecular weight excluding hydrogens is 166 g/mol. The molecule has 0 aromatic carbocycles. The number of ketones is 2. The Bertz CT molecular complexity index is 215. The number of carbonyl (C=O) groups excluding carboxylic acids is 2. The van der Waals surface area contributed by atoms with Crippen molar-refractivity contribution >= 4 is 11.6 Å². The summed E-state index contributed by atoms with van der Waals surface area (Å²) in [6.07, 6.45) is 3.19. The zero-order chi connectivity index (χ0) is 10.1. The summed E-state index contributed by atoms with van der Waals surface area (Å²) < 4.78 is 0. The third-order valence-corrected chi connectivity index (χ3v) is 1.73. The van der Waals surface area contributed by atoms with Gasteiger partial charge in [-0.05, 0) is 19.8 Å². The van der Waals surface area contributed by atoms with E-state index in [0.29, 0.717) is 38.5 Å². The molecule has 0 atom stereocenters. The second kappa shape index (κ2) is 7.48. The van der Waals surface area contributed by atoms with Crippen LogP contribution in [-0.4, -0.2) is 11.6 Å². The Labute approximate surface area is 78.7 Å². The van der Waals surface area contributed by atoms with Crippen LogP contribution in [-0.2, 0) is 9.59 Å². The van der Waals surface area contributed by atoms with E-state index in [2.05, 4.69) is 0 Å². The Hall–Kier alpha value is -1.17. The Kier molecular flexibility index (Phi) is 6.80. The molecular formula is C10H15NO2. The maximum absolute atomic E-state index is 11.1. The van der Waals surface area contributed by atoms with Gasteiger partial charge in [0.2, 0.25) is 0 Å². The molecule has 0 rings (SSSR count). The van der Waals surface area contributed by atoms with Crippen LogP contribution in [0.3, 0.4) is 0 Å². The number of rotatable bonds is 7. The fraction of sp³-hybridized carbons (Fsp3) is 0.700. The Morgan fingerprint density at radius 2 is 1.77 bits per heavy atom. The van der Waals surface area contributed by atoms with Crippen molar-refractivity contribution in [2.24, 2.45) is 0 Å². The van der Waals surface area contributed by atoms with E-state index >= 15 is 0 Å². The minimum Gasteiger partial charge on any atom is -0.300 e. The average Bonchev–Trinajstić information content (AvgIpc) is 2.04. The summed E-state index contributed by atoms with van der Waals surface area (Å²) in [5, 5.41) is 8.22. The van der Waals surface area contributed by atoms with Crippen LogP contribution >= 0.6 is 0 Å². The molecule has 3 heteroatoms. The van der Waals surface area contributed by atoms with Gasteiger partial charge in [-0.2, -0.15) is 5.26 Å². The fourth-order valence-corrected chi connectivity index (χ4v) is 1.02. The summed E-state index contributed by atoms with van der Waals surface area (Å²) in [7, 11) is 0. The van der Waals surface area contributed by atoms with E-state index in [1.165, 1.54) is 6.92 Å². The van der Waals surface area contributed by atoms with Crippen LogP contribution in [0.2, 0.25) is 0 Å². The highest BCUT2D eigenvalue weighted by Crippen LogP contribution is 2.03. The lowest BCUT2D eigenvalue weighted by atomic mass is 10.1. The van der Waals surface area contributed by atoms with Crippen LogP contribution in [0.4, 0.5) is 0 Å².